The van der Waals surface area contributed by atoms with E-state index in [1.807, 2.05) is 0 Å². The molecule has 0 saturated carbocycles. The van der Waals surface area contributed by atoms with E-state index >= 15 is 0 Å². The fourth-order valence-electron chi connectivity index (χ4n) is 1.86. The van der Waals surface area contributed by atoms with Crippen LogP contribution in [0.5, 0.6) is 0 Å². The molecule has 1 atom stereocenters. The molecule has 0 saturated heterocycles. The van der Waals surface area contributed by atoms with Gasteiger partial charge in [0.05, 0.1) is 4.92 Å². The number of nitro benzene ring substituents is 1. The number of rotatable bonds is 9. The maximum atomic E-state index is 12.1. The summed E-state index contributed by atoms with van der Waals surface area (Å²) >= 11 is 0. The lowest BCUT2D eigenvalue weighted by Crippen LogP contribution is -2.39. The normalized spacial score (nSPS) is 12.1. The van der Waals surface area contributed by atoms with Gasteiger partial charge in [0.15, 0.2) is 4.90 Å². The molecule has 0 aliphatic heterocycles. The zero-order valence-electron chi connectivity index (χ0n) is 13.3. The SMILES string of the molecule is CNCC(C)C(=O)NCCNS(=O)(=O)c1ccccc1[N+](=O)[O-].Cl. The number of benzene rings is 1. The van der Waals surface area contributed by atoms with E-state index < -0.39 is 25.5 Å². The highest BCUT2D eigenvalue weighted by molar-refractivity contribution is 7.89. The first-order valence-electron chi connectivity index (χ1n) is 6.95. The smallest absolute Gasteiger partial charge is 0.289 e. The predicted molar refractivity (Wildman–Crippen MR) is 91.6 cm³/mol. The van der Waals surface area contributed by atoms with Crippen LogP contribution in [0.15, 0.2) is 29.2 Å². The number of sulfonamides is 1. The summed E-state index contributed by atoms with van der Waals surface area (Å²) in [5.41, 5.74) is -0.494. The van der Waals surface area contributed by atoms with Crippen LogP contribution in [0.3, 0.4) is 0 Å². The largest absolute Gasteiger partial charge is 0.355 e. The Morgan fingerprint density at radius 1 is 1.29 bits per heavy atom. The highest BCUT2D eigenvalue weighted by atomic mass is 35.5. The minimum atomic E-state index is -4.02. The minimum Gasteiger partial charge on any atom is -0.355 e. The third kappa shape index (κ3) is 6.40. The quantitative estimate of drug-likeness (QED) is 0.320. The van der Waals surface area contributed by atoms with E-state index in [1.54, 1.807) is 14.0 Å². The van der Waals surface area contributed by atoms with Gasteiger partial charge in [0.2, 0.25) is 15.9 Å². The van der Waals surface area contributed by atoms with E-state index in [2.05, 4.69) is 15.4 Å². The number of carbonyl (C=O) groups is 1. The van der Waals surface area contributed by atoms with Gasteiger partial charge in [-0.15, -0.1) is 12.4 Å². The molecule has 0 radical (unpaired) electrons. The summed E-state index contributed by atoms with van der Waals surface area (Å²) in [5.74, 6) is -0.448. The van der Waals surface area contributed by atoms with E-state index in [0.717, 1.165) is 12.1 Å². The maximum absolute atomic E-state index is 12.1. The molecule has 0 heterocycles. The lowest BCUT2D eigenvalue weighted by Gasteiger charge is -2.12. The zero-order valence-corrected chi connectivity index (χ0v) is 14.9. The zero-order chi connectivity index (χ0) is 17.5. The Hall–Kier alpha value is -1.75. The highest BCUT2D eigenvalue weighted by Crippen LogP contribution is 2.22. The Balaban J connectivity index is 0.00000529. The Labute approximate surface area is 146 Å². The summed E-state index contributed by atoms with van der Waals surface area (Å²) in [4.78, 5) is 21.4. The first-order chi connectivity index (χ1) is 10.8. The molecule has 3 N–H and O–H groups in total. The van der Waals surface area contributed by atoms with Crippen LogP contribution < -0.4 is 15.4 Å². The van der Waals surface area contributed by atoms with Gasteiger partial charge in [0, 0.05) is 31.6 Å². The molecule has 1 unspecified atom stereocenters. The summed E-state index contributed by atoms with van der Waals surface area (Å²) < 4.78 is 26.4. The van der Waals surface area contributed by atoms with Crippen LogP contribution in [-0.4, -0.2) is 45.9 Å². The molecule has 0 aliphatic carbocycles. The van der Waals surface area contributed by atoms with Crippen LogP contribution >= 0.6 is 12.4 Å². The van der Waals surface area contributed by atoms with Crippen LogP contribution in [0, 0.1) is 16.0 Å². The van der Waals surface area contributed by atoms with Crippen LogP contribution in [0.2, 0.25) is 0 Å². The molecule has 0 aromatic heterocycles. The summed E-state index contributed by atoms with van der Waals surface area (Å²) in [6.45, 7) is 2.27. The topological polar surface area (TPSA) is 130 Å². The third-order valence-electron chi connectivity index (χ3n) is 3.03. The first kappa shape index (κ1) is 22.2. The fourth-order valence-corrected chi connectivity index (χ4v) is 3.06. The number of carbonyl (C=O) groups excluding carboxylic acids is 1. The van der Waals surface area contributed by atoms with Crippen molar-refractivity contribution < 1.29 is 18.1 Å². The van der Waals surface area contributed by atoms with Crippen molar-refractivity contribution in [3.05, 3.63) is 34.4 Å². The van der Waals surface area contributed by atoms with Crippen LogP contribution in [0.4, 0.5) is 5.69 Å². The van der Waals surface area contributed by atoms with Gasteiger partial charge in [0.25, 0.3) is 5.69 Å². The number of nitro groups is 1. The van der Waals surface area contributed by atoms with Crippen LogP contribution in [0.25, 0.3) is 0 Å². The summed E-state index contributed by atoms with van der Waals surface area (Å²) in [6.07, 6.45) is 0. The Morgan fingerprint density at radius 3 is 2.50 bits per heavy atom. The maximum Gasteiger partial charge on any atom is 0.289 e. The number of para-hydroxylation sites is 1. The summed E-state index contributed by atoms with van der Waals surface area (Å²) in [5, 5.41) is 16.3. The molecule has 1 amide bonds. The van der Waals surface area contributed by atoms with Crippen molar-refractivity contribution in [1.82, 2.24) is 15.4 Å². The molecule has 1 rings (SSSR count). The first-order valence-corrected chi connectivity index (χ1v) is 8.43. The van der Waals surface area contributed by atoms with Gasteiger partial charge in [-0.1, -0.05) is 19.1 Å². The van der Waals surface area contributed by atoms with Gasteiger partial charge in [0.1, 0.15) is 0 Å². The highest BCUT2D eigenvalue weighted by Gasteiger charge is 2.24. The molecule has 0 aliphatic rings. The van der Waals surface area contributed by atoms with Crippen molar-refractivity contribution in [3.8, 4) is 0 Å². The summed E-state index contributed by atoms with van der Waals surface area (Å²) in [7, 11) is -2.29. The number of amides is 1. The molecule has 0 fully saturated rings. The number of halogens is 1. The molecule has 11 heteroatoms. The molecule has 9 nitrogen and oxygen atoms in total. The van der Waals surface area contributed by atoms with E-state index in [0.29, 0.717) is 6.54 Å². The van der Waals surface area contributed by atoms with Crippen molar-refractivity contribution in [2.75, 3.05) is 26.7 Å². The second-order valence-electron chi connectivity index (χ2n) is 4.87. The number of hydrogen-bond acceptors (Lipinski definition) is 6. The van der Waals surface area contributed by atoms with E-state index in [9.17, 15) is 23.3 Å². The van der Waals surface area contributed by atoms with Crippen LogP contribution in [0.1, 0.15) is 6.92 Å². The average molecular weight is 381 g/mol. The van der Waals surface area contributed by atoms with Crippen molar-refractivity contribution in [3.63, 3.8) is 0 Å². The monoisotopic (exact) mass is 380 g/mol. The van der Waals surface area contributed by atoms with E-state index in [-0.39, 0.29) is 37.3 Å². The fraction of sp³-hybridized carbons (Fsp3) is 0.462. The van der Waals surface area contributed by atoms with Crippen molar-refractivity contribution in [1.29, 1.82) is 0 Å². The predicted octanol–water partition coefficient (Wildman–Crippen LogP) is 0.267. The Bertz CT molecular complexity index is 668. The molecule has 0 bridgehead atoms. The Morgan fingerprint density at radius 2 is 1.92 bits per heavy atom. The van der Waals surface area contributed by atoms with Crippen LogP contribution in [-0.2, 0) is 14.8 Å². The van der Waals surface area contributed by atoms with E-state index in [4.69, 9.17) is 0 Å². The summed E-state index contributed by atoms with van der Waals surface area (Å²) in [6, 6.07) is 5.08. The molecule has 136 valence electrons. The number of nitrogens with zero attached hydrogens (tertiary/aromatic N) is 1. The molecule has 0 spiro atoms. The second kappa shape index (κ2) is 10.2. The van der Waals surface area contributed by atoms with Gasteiger partial charge >= 0.3 is 0 Å². The van der Waals surface area contributed by atoms with Gasteiger partial charge < -0.3 is 10.6 Å². The standard InChI is InChI=1S/C13H20N4O5S.ClH/c1-10(9-14-2)13(18)15-7-8-16-23(21,22)12-6-4-3-5-11(12)17(19)20;/h3-6,10,14,16H,7-9H2,1-2H3,(H,15,18);1H. The van der Waals surface area contributed by atoms with Crippen molar-refractivity contribution in [2.24, 2.45) is 5.92 Å². The average Bonchev–Trinajstić information content (AvgIpc) is 2.51. The lowest BCUT2D eigenvalue weighted by atomic mass is 10.1. The molecular formula is C13H21ClN4O5S. The minimum absolute atomic E-state index is 0. The van der Waals surface area contributed by atoms with Gasteiger partial charge in [-0.3, -0.25) is 14.9 Å². The molecule has 24 heavy (non-hydrogen) atoms. The van der Waals surface area contributed by atoms with Gasteiger partial charge in [-0.25, -0.2) is 13.1 Å². The van der Waals surface area contributed by atoms with Gasteiger partial charge in [-0.2, -0.15) is 0 Å². The molecular weight excluding hydrogens is 360 g/mol. The van der Waals surface area contributed by atoms with Gasteiger partial charge in [-0.05, 0) is 13.1 Å². The number of hydrogen-bond donors (Lipinski definition) is 3. The second-order valence-corrected chi connectivity index (χ2v) is 6.61. The van der Waals surface area contributed by atoms with Crippen molar-refractivity contribution >= 4 is 34.0 Å². The van der Waals surface area contributed by atoms with Crippen molar-refractivity contribution in [2.45, 2.75) is 11.8 Å². The molecule has 1 aromatic carbocycles. The third-order valence-corrected chi connectivity index (χ3v) is 4.53. The number of nitrogens with one attached hydrogen (secondary N) is 3. The lowest BCUT2D eigenvalue weighted by molar-refractivity contribution is -0.387. The molecule has 1 aromatic rings. The Kier molecular flexibility index (Phi) is 9.44. The van der Waals surface area contributed by atoms with E-state index in [1.165, 1.54) is 12.1 Å².